The minimum absolute atomic E-state index is 0.0974. The summed E-state index contributed by atoms with van der Waals surface area (Å²) in [7, 11) is 5.33. The molecule has 1 N–H and O–H groups in total. The molecule has 0 unspecified atom stereocenters. The van der Waals surface area contributed by atoms with Crippen LogP contribution in [0.3, 0.4) is 0 Å². The Kier molecular flexibility index (Phi) is 6.80. The van der Waals surface area contributed by atoms with Crippen LogP contribution in [0.1, 0.15) is 18.4 Å². The number of hydrogen-bond donors (Lipinski definition) is 1. The zero-order valence-electron chi connectivity index (χ0n) is 15.2. The van der Waals surface area contributed by atoms with Crippen LogP contribution in [0.15, 0.2) is 36.5 Å². The second-order valence-corrected chi connectivity index (χ2v) is 5.78. The monoisotopic (exact) mass is 354 g/mol. The number of pyridine rings is 1. The average Bonchev–Trinajstić information content (AvgIpc) is 2.65. The predicted molar refractivity (Wildman–Crippen MR) is 99.6 cm³/mol. The molecule has 7 heteroatoms. The van der Waals surface area contributed by atoms with Gasteiger partial charge in [0.15, 0.2) is 11.5 Å². The van der Waals surface area contributed by atoms with E-state index in [2.05, 4.69) is 10.3 Å². The molecule has 136 valence electrons. The van der Waals surface area contributed by atoms with Crippen molar-refractivity contribution in [3.63, 3.8) is 0 Å². The van der Waals surface area contributed by atoms with Crippen molar-refractivity contribution in [2.45, 2.75) is 12.8 Å². The standard InChI is InChI=1S/C19H22N4O3/c1-23(2)18-9-7-15(13-21-18)22-19(24)5-4-10-26-16-8-6-14(12-20)11-17(16)25-3/h6-9,11,13H,4-5,10H2,1-3H3,(H,22,24). The molecule has 0 spiro atoms. The first-order valence-corrected chi connectivity index (χ1v) is 8.17. The van der Waals surface area contributed by atoms with Gasteiger partial charge in [0.05, 0.1) is 37.2 Å². The van der Waals surface area contributed by atoms with Crippen molar-refractivity contribution >= 4 is 17.4 Å². The number of anilines is 2. The molecule has 0 aliphatic rings. The summed E-state index contributed by atoms with van der Waals surface area (Å²) < 4.78 is 10.8. The van der Waals surface area contributed by atoms with Crippen LogP contribution in [0.4, 0.5) is 11.5 Å². The van der Waals surface area contributed by atoms with Gasteiger partial charge in [0.25, 0.3) is 0 Å². The summed E-state index contributed by atoms with van der Waals surface area (Å²) in [4.78, 5) is 18.1. The quantitative estimate of drug-likeness (QED) is 0.734. The van der Waals surface area contributed by atoms with E-state index >= 15 is 0 Å². The van der Waals surface area contributed by atoms with Crippen LogP contribution >= 0.6 is 0 Å². The summed E-state index contributed by atoms with van der Waals surface area (Å²) >= 11 is 0. The number of ether oxygens (including phenoxy) is 2. The fourth-order valence-electron chi connectivity index (χ4n) is 2.22. The van der Waals surface area contributed by atoms with Gasteiger partial charge in [-0.25, -0.2) is 4.98 Å². The van der Waals surface area contributed by atoms with Crippen molar-refractivity contribution in [3.05, 3.63) is 42.1 Å². The highest BCUT2D eigenvalue weighted by molar-refractivity contribution is 5.90. The molecule has 0 aliphatic heterocycles. The van der Waals surface area contributed by atoms with Crippen molar-refractivity contribution in [3.8, 4) is 17.6 Å². The Hall–Kier alpha value is -3.27. The zero-order chi connectivity index (χ0) is 18.9. The van der Waals surface area contributed by atoms with Crippen LogP contribution in [0.5, 0.6) is 11.5 Å². The SMILES string of the molecule is COc1cc(C#N)ccc1OCCCC(=O)Nc1ccc(N(C)C)nc1. The average molecular weight is 354 g/mol. The third-order valence-corrected chi connectivity index (χ3v) is 3.59. The first kappa shape index (κ1) is 19.1. The summed E-state index contributed by atoms with van der Waals surface area (Å²) in [5, 5.41) is 11.7. The number of amides is 1. The fourth-order valence-corrected chi connectivity index (χ4v) is 2.22. The van der Waals surface area contributed by atoms with Crippen LogP contribution in [0, 0.1) is 11.3 Å². The number of aromatic nitrogens is 1. The van der Waals surface area contributed by atoms with E-state index in [9.17, 15) is 4.79 Å². The molecule has 0 aliphatic carbocycles. The lowest BCUT2D eigenvalue weighted by atomic mass is 10.2. The Morgan fingerprint density at radius 3 is 2.69 bits per heavy atom. The van der Waals surface area contributed by atoms with Gasteiger partial charge in [-0.15, -0.1) is 0 Å². The van der Waals surface area contributed by atoms with Gasteiger partial charge in [-0.3, -0.25) is 4.79 Å². The van der Waals surface area contributed by atoms with Gasteiger partial charge >= 0.3 is 0 Å². The molecule has 0 saturated carbocycles. The fraction of sp³-hybridized carbons (Fsp3) is 0.316. The maximum absolute atomic E-state index is 12.0. The van der Waals surface area contributed by atoms with Crippen LogP contribution < -0.4 is 19.7 Å². The zero-order valence-corrected chi connectivity index (χ0v) is 15.2. The summed E-state index contributed by atoms with van der Waals surface area (Å²) in [6.45, 7) is 0.369. The second-order valence-electron chi connectivity index (χ2n) is 5.78. The van der Waals surface area contributed by atoms with E-state index < -0.39 is 0 Å². The van der Waals surface area contributed by atoms with Crippen LogP contribution in [0.25, 0.3) is 0 Å². The van der Waals surface area contributed by atoms with Gasteiger partial charge in [0.2, 0.25) is 5.91 Å². The number of carbonyl (C=O) groups is 1. The Morgan fingerprint density at radius 2 is 2.08 bits per heavy atom. The lowest BCUT2D eigenvalue weighted by Gasteiger charge is -2.12. The van der Waals surface area contributed by atoms with E-state index in [0.717, 1.165) is 5.82 Å². The summed E-state index contributed by atoms with van der Waals surface area (Å²) in [6, 6.07) is 10.7. The third-order valence-electron chi connectivity index (χ3n) is 3.59. The lowest BCUT2D eigenvalue weighted by molar-refractivity contribution is -0.116. The molecule has 1 aromatic heterocycles. The molecule has 0 atom stereocenters. The Labute approximate surface area is 153 Å². The first-order chi connectivity index (χ1) is 12.5. The number of rotatable bonds is 8. The molecule has 1 heterocycles. The van der Waals surface area contributed by atoms with E-state index in [4.69, 9.17) is 14.7 Å². The van der Waals surface area contributed by atoms with E-state index in [1.54, 1.807) is 24.4 Å². The van der Waals surface area contributed by atoms with E-state index in [-0.39, 0.29) is 5.91 Å². The molecule has 26 heavy (non-hydrogen) atoms. The van der Waals surface area contributed by atoms with Gasteiger partial charge in [0.1, 0.15) is 5.82 Å². The van der Waals surface area contributed by atoms with Gasteiger partial charge < -0.3 is 19.7 Å². The number of hydrogen-bond acceptors (Lipinski definition) is 6. The van der Waals surface area contributed by atoms with E-state index in [1.807, 2.05) is 37.2 Å². The minimum atomic E-state index is -0.0974. The highest BCUT2D eigenvalue weighted by Gasteiger charge is 2.07. The van der Waals surface area contributed by atoms with Gasteiger partial charge in [-0.05, 0) is 30.7 Å². The summed E-state index contributed by atoms with van der Waals surface area (Å²) in [6.07, 6.45) is 2.51. The van der Waals surface area contributed by atoms with Crippen molar-refractivity contribution in [1.82, 2.24) is 4.98 Å². The topological polar surface area (TPSA) is 87.5 Å². The highest BCUT2D eigenvalue weighted by Crippen LogP contribution is 2.27. The van der Waals surface area contributed by atoms with E-state index in [0.29, 0.717) is 42.2 Å². The molecule has 2 aromatic rings. The number of methoxy groups -OCH3 is 1. The van der Waals surface area contributed by atoms with Crippen molar-refractivity contribution in [1.29, 1.82) is 5.26 Å². The largest absolute Gasteiger partial charge is 0.493 e. The molecule has 0 fully saturated rings. The van der Waals surface area contributed by atoms with Crippen molar-refractivity contribution < 1.29 is 14.3 Å². The molecule has 7 nitrogen and oxygen atoms in total. The number of nitrogens with zero attached hydrogens (tertiary/aromatic N) is 3. The molecule has 0 bridgehead atoms. The molecule has 0 radical (unpaired) electrons. The number of nitrogens with one attached hydrogen (secondary N) is 1. The van der Waals surface area contributed by atoms with Crippen LogP contribution in [-0.4, -0.2) is 38.7 Å². The van der Waals surface area contributed by atoms with Crippen molar-refractivity contribution in [2.24, 2.45) is 0 Å². The Bertz CT molecular complexity index is 782. The molecule has 2 rings (SSSR count). The van der Waals surface area contributed by atoms with Crippen molar-refractivity contribution in [2.75, 3.05) is 38.0 Å². The van der Waals surface area contributed by atoms with Gasteiger partial charge in [-0.1, -0.05) is 0 Å². The Balaban J connectivity index is 1.77. The van der Waals surface area contributed by atoms with Gasteiger partial charge in [-0.2, -0.15) is 5.26 Å². The predicted octanol–water partition coefficient (Wildman–Crippen LogP) is 2.83. The maximum atomic E-state index is 12.0. The number of nitriles is 1. The van der Waals surface area contributed by atoms with Crippen LogP contribution in [-0.2, 0) is 4.79 Å². The number of benzene rings is 1. The third kappa shape index (κ3) is 5.38. The number of carbonyl (C=O) groups excluding carboxylic acids is 1. The summed E-state index contributed by atoms with van der Waals surface area (Å²) in [5.41, 5.74) is 1.16. The van der Waals surface area contributed by atoms with Crippen LogP contribution in [0.2, 0.25) is 0 Å². The molecular weight excluding hydrogens is 332 g/mol. The molecule has 0 saturated heterocycles. The summed E-state index contributed by atoms with van der Waals surface area (Å²) in [5.74, 6) is 1.78. The Morgan fingerprint density at radius 1 is 1.27 bits per heavy atom. The lowest BCUT2D eigenvalue weighted by Crippen LogP contribution is -2.14. The minimum Gasteiger partial charge on any atom is -0.493 e. The molecule has 1 amide bonds. The molecule has 1 aromatic carbocycles. The smallest absolute Gasteiger partial charge is 0.224 e. The second kappa shape index (κ2) is 9.28. The normalized spacial score (nSPS) is 9.92. The highest BCUT2D eigenvalue weighted by atomic mass is 16.5. The maximum Gasteiger partial charge on any atom is 0.224 e. The first-order valence-electron chi connectivity index (χ1n) is 8.17. The van der Waals surface area contributed by atoms with Gasteiger partial charge in [0, 0.05) is 26.6 Å². The molecular formula is C19H22N4O3. The van der Waals surface area contributed by atoms with E-state index in [1.165, 1.54) is 7.11 Å².